The third-order valence-corrected chi connectivity index (χ3v) is 3.50. The smallest absolute Gasteiger partial charge is 0.266 e. The summed E-state index contributed by atoms with van der Waals surface area (Å²) in [7, 11) is 0. The third kappa shape index (κ3) is 2.85. The Morgan fingerprint density at radius 2 is 2.05 bits per heavy atom. The van der Waals surface area contributed by atoms with Gasteiger partial charge in [-0.15, -0.1) is 0 Å². The van der Waals surface area contributed by atoms with Crippen molar-refractivity contribution in [3.63, 3.8) is 0 Å². The van der Waals surface area contributed by atoms with E-state index in [1.807, 2.05) is 18.2 Å². The van der Waals surface area contributed by atoms with Gasteiger partial charge in [0.1, 0.15) is 5.69 Å². The maximum atomic E-state index is 11.9. The van der Waals surface area contributed by atoms with Gasteiger partial charge in [0.15, 0.2) is 0 Å². The van der Waals surface area contributed by atoms with Crippen LogP contribution < -0.4 is 5.56 Å². The van der Waals surface area contributed by atoms with Gasteiger partial charge in [-0.3, -0.25) is 9.78 Å². The molecule has 1 radical (unpaired) electrons. The lowest BCUT2D eigenvalue weighted by molar-refractivity contribution is 0.493. The van der Waals surface area contributed by atoms with Crippen LogP contribution in [0.2, 0.25) is 0 Å². The van der Waals surface area contributed by atoms with Crippen LogP contribution in [0, 0.1) is 12.3 Å². The molecule has 101 valence electrons. The molecule has 1 aliphatic carbocycles. The van der Waals surface area contributed by atoms with Gasteiger partial charge in [0.05, 0.1) is 5.69 Å². The van der Waals surface area contributed by atoms with E-state index in [2.05, 4.69) is 29.5 Å². The van der Waals surface area contributed by atoms with Crippen molar-refractivity contribution in [3.8, 4) is 11.4 Å². The fourth-order valence-electron chi connectivity index (χ4n) is 2.12. The Balaban J connectivity index is 1.80. The van der Waals surface area contributed by atoms with Crippen LogP contribution in [0.5, 0.6) is 0 Å². The lowest BCUT2D eigenvalue weighted by Gasteiger charge is -2.10. The van der Waals surface area contributed by atoms with Crippen LogP contribution in [-0.4, -0.2) is 14.8 Å². The second-order valence-electron chi connectivity index (χ2n) is 5.02. The summed E-state index contributed by atoms with van der Waals surface area (Å²) in [6.45, 7) is 2.80. The highest BCUT2D eigenvalue weighted by Gasteiger charge is 2.16. The first-order chi connectivity index (χ1) is 9.74. The number of pyridine rings is 1. The van der Waals surface area contributed by atoms with E-state index in [1.165, 1.54) is 10.3 Å². The number of rotatable bonds is 5. The van der Waals surface area contributed by atoms with E-state index in [9.17, 15) is 4.79 Å². The van der Waals surface area contributed by atoms with Gasteiger partial charge in [-0.25, -0.2) is 4.68 Å². The molecule has 2 aromatic heterocycles. The van der Waals surface area contributed by atoms with Crippen LogP contribution in [0.1, 0.15) is 13.3 Å². The van der Waals surface area contributed by atoms with E-state index in [0.29, 0.717) is 12.5 Å². The molecule has 0 saturated carbocycles. The average molecular weight is 266 g/mol. The summed E-state index contributed by atoms with van der Waals surface area (Å²) in [6.07, 6.45) is 6.88. The Kier molecular flexibility index (Phi) is 3.46. The van der Waals surface area contributed by atoms with Gasteiger partial charge < -0.3 is 0 Å². The minimum absolute atomic E-state index is 0.0642. The monoisotopic (exact) mass is 266 g/mol. The first-order valence-electron chi connectivity index (χ1n) is 6.78. The SMILES string of the molecule is C[C@H](CCn1nc(-c2ccccn2)ccc1=O)C1=C[CH]1. The molecule has 0 unspecified atom stereocenters. The van der Waals surface area contributed by atoms with Crippen molar-refractivity contribution in [3.05, 3.63) is 65.0 Å². The van der Waals surface area contributed by atoms with E-state index < -0.39 is 0 Å². The van der Waals surface area contributed by atoms with E-state index in [0.717, 1.165) is 17.8 Å². The van der Waals surface area contributed by atoms with Crippen LogP contribution in [-0.2, 0) is 6.54 Å². The molecule has 20 heavy (non-hydrogen) atoms. The molecule has 3 rings (SSSR count). The van der Waals surface area contributed by atoms with Crippen molar-refractivity contribution in [2.24, 2.45) is 5.92 Å². The Hall–Kier alpha value is -2.23. The van der Waals surface area contributed by atoms with Crippen molar-refractivity contribution < 1.29 is 0 Å². The third-order valence-electron chi connectivity index (χ3n) is 3.50. The van der Waals surface area contributed by atoms with Gasteiger partial charge in [-0.2, -0.15) is 5.10 Å². The Bertz CT molecular complexity index is 688. The van der Waals surface area contributed by atoms with E-state index in [-0.39, 0.29) is 5.56 Å². The molecule has 0 saturated heterocycles. The van der Waals surface area contributed by atoms with Crippen molar-refractivity contribution in [1.29, 1.82) is 0 Å². The molecule has 0 bridgehead atoms. The normalized spacial score (nSPS) is 14.8. The molecule has 0 aromatic carbocycles. The lowest BCUT2D eigenvalue weighted by atomic mass is 10.1. The zero-order valence-electron chi connectivity index (χ0n) is 11.4. The molecule has 2 heterocycles. The summed E-state index contributed by atoms with van der Waals surface area (Å²) in [5.74, 6) is 0.488. The second-order valence-corrected chi connectivity index (χ2v) is 5.02. The van der Waals surface area contributed by atoms with E-state index >= 15 is 0 Å². The molecule has 0 amide bonds. The lowest BCUT2D eigenvalue weighted by Crippen LogP contribution is -2.23. The van der Waals surface area contributed by atoms with Crippen molar-refractivity contribution in [2.45, 2.75) is 19.9 Å². The average Bonchev–Trinajstić information content (AvgIpc) is 3.32. The fourth-order valence-corrected chi connectivity index (χ4v) is 2.12. The van der Waals surface area contributed by atoms with Gasteiger partial charge in [0.2, 0.25) is 0 Å². The molecule has 4 heteroatoms. The fraction of sp³-hybridized carbons (Fsp3) is 0.250. The number of nitrogens with zero attached hydrogens (tertiary/aromatic N) is 3. The highest BCUT2D eigenvalue weighted by molar-refractivity contribution is 5.52. The van der Waals surface area contributed by atoms with Crippen LogP contribution in [0.25, 0.3) is 11.4 Å². The van der Waals surface area contributed by atoms with Crippen LogP contribution >= 0.6 is 0 Å². The Morgan fingerprint density at radius 1 is 1.20 bits per heavy atom. The second kappa shape index (κ2) is 5.41. The molecule has 2 aromatic rings. The highest BCUT2D eigenvalue weighted by Crippen LogP contribution is 2.28. The maximum Gasteiger partial charge on any atom is 0.266 e. The molecule has 0 fully saturated rings. The van der Waals surface area contributed by atoms with Crippen LogP contribution in [0.3, 0.4) is 0 Å². The van der Waals surface area contributed by atoms with Crippen molar-refractivity contribution >= 4 is 0 Å². The van der Waals surface area contributed by atoms with Crippen molar-refractivity contribution in [2.75, 3.05) is 0 Å². The molecule has 4 nitrogen and oxygen atoms in total. The molecule has 1 aliphatic rings. The highest BCUT2D eigenvalue weighted by atomic mass is 16.1. The Morgan fingerprint density at radius 3 is 2.75 bits per heavy atom. The molecule has 0 N–H and O–H groups in total. The topological polar surface area (TPSA) is 47.8 Å². The minimum atomic E-state index is -0.0642. The summed E-state index contributed by atoms with van der Waals surface area (Å²) < 4.78 is 1.53. The van der Waals surface area contributed by atoms with Crippen molar-refractivity contribution in [1.82, 2.24) is 14.8 Å². The van der Waals surface area contributed by atoms with Gasteiger partial charge >= 0.3 is 0 Å². The first-order valence-corrected chi connectivity index (χ1v) is 6.78. The maximum absolute atomic E-state index is 11.9. The quantitative estimate of drug-likeness (QED) is 0.835. The number of hydrogen-bond acceptors (Lipinski definition) is 3. The number of hydrogen-bond donors (Lipinski definition) is 0. The summed E-state index contributed by atoms with van der Waals surface area (Å²) in [6, 6.07) is 8.95. The van der Waals surface area contributed by atoms with E-state index in [1.54, 1.807) is 18.3 Å². The summed E-state index contributed by atoms with van der Waals surface area (Å²) in [5, 5.41) is 4.41. The van der Waals surface area contributed by atoms with Crippen LogP contribution in [0.15, 0.2) is 53.0 Å². The van der Waals surface area contributed by atoms with Crippen LogP contribution in [0.4, 0.5) is 0 Å². The predicted molar refractivity (Wildman–Crippen MR) is 77.9 cm³/mol. The summed E-state index contributed by atoms with van der Waals surface area (Å²) in [4.78, 5) is 16.1. The standard InChI is InChI=1S/C16H16N3O/c1-12(13-5-6-13)9-11-19-16(20)8-7-15(18-19)14-4-2-3-10-17-14/h2-8,10,12H,9,11H2,1H3/t12-/m1/s1. The van der Waals surface area contributed by atoms with Gasteiger partial charge in [-0.05, 0) is 30.5 Å². The molecular formula is C16H16N3O. The largest absolute Gasteiger partial charge is 0.268 e. The number of aromatic nitrogens is 3. The minimum Gasteiger partial charge on any atom is -0.268 e. The molecule has 0 aliphatic heterocycles. The molecular weight excluding hydrogens is 250 g/mol. The Labute approximate surface area is 117 Å². The first kappa shape index (κ1) is 12.8. The van der Waals surface area contributed by atoms with Gasteiger partial charge in [0, 0.05) is 25.2 Å². The van der Waals surface area contributed by atoms with Gasteiger partial charge in [-0.1, -0.05) is 24.6 Å². The zero-order valence-corrected chi connectivity index (χ0v) is 11.4. The predicted octanol–water partition coefficient (Wildman–Crippen LogP) is 2.48. The molecule has 1 atom stereocenters. The molecule has 0 spiro atoms. The number of allylic oxidation sites excluding steroid dienone is 2. The van der Waals surface area contributed by atoms with E-state index in [4.69, 9.17) is 0 Å². The van der Waals surface area contributed by atoms with Gasteiger partial charge in [0.25, 0.3) is 5.56 Å². The number of aryl methyl sites for hydroxylation is 1. The summed E-state index contributed by atoms with van der Waals surface area (Å²) >= 11 is 0. The summed E-state index contributed by atoms with van der Waals surface area (Å²) in [5.41, 5.74) is 2.83. The zero-order chi connectivity index (χ0) is 13.9.